The molecule has 1 rings (SSSR count). The van der Waals surface area contributed by atoms with Crippen molar-refractivity contribution >= 4 is 21.7 Å². The summed E-state index contributed by atoms with van der Waals surface area (Å²) in [6.45, 7) is 3.28. The fourth-order valence-electron chi connectivity index (χ4n) is 1.45. The highest BCUT2D eigenvalue weighted by molar-refractivity contribution is 7.89. The number of carboxylic acid groups (broad SMARTS) is 1. The highest BCUT2D eigenvalue weighted by Gasteiger charge is 2.23. The number of hydrogen-bond acceptors (Lipinski definition) is 5. The molecule has 0 aliphatic heterocycles. The van der Waals surface area contributed by atoms with Crippen LogP contribution in [0.4, 0.5) is 5.69 Å². The average molecular weight is 302 g/mol. The smallest absolute Gasteiger partial charge is 0.337 e. The molecule has 0 spiro atoms. The van der Waals surface area contributed by atoms with Crippen LogP contribution in [0, 0.1) is 5.92 Å². The van der Waals surface area contributed by atoms with Crippen LogP contribution in [0.15, 0.2) is 23.1 Å². The van der Waals surface area contributed by atoms with Gasteiger partial charge in [-0.15, -0.1) is 0 Å². The van der Waals surface area contributed by atoms with Crippen molar-refractivity contribution in [3.63, 3.8) is 0 Å². The van der Waals surface area contributed by atoms with Gasteiger partial charge in [0.15, 0.2) is 0 Å². The summed E-state index contributed by atoms with van der Waals surface area (Å²) in [5.41, 5.74) is 5.26. The predicted octanol–water partition coefficient (Wildman–Crippen LogP) is 0.262. The fourth-order valence-corrected chi connectivity index (χ4v) is 2.73. The third-order valence-electron chi connectivity index (χ3n) is 2.78. The Morgan fingerprint density at radius 2 is 2.00 bits per heavy atom. The average Bonchev–Trinajstić information content (AvgIpc) is 2.35. The number of anilines is 1. The van der Waals surface area contributed by atoms with Crippen LogP contribution >= 0.6 is 0 Å². The second-order valence-corrected chi connectivity index (χ2v) is 6.46. The molecule has 112 valence electrons. The maximum Gasteiger partial charge on any atom is 0.337 e. The Balaban J connectivity index is 3.09. The predicted molar refractivity (Wildman–Crippen MR) is 73.8 cm³/mol. The van der Waals surface area contributed by atoms with Crippen molar-refractivity contribution in [3.8, 4) is 0 Å². The first kappa shape index (κ1) is 16.4. The van der Waals surface area contributed by atoms with E-state index in [4.69, 9.17) is 10.8 Å². The number of carboxylic acids is 1. The summed E-state index contributed by atoms with van der Waals surface area (Å²) in [7, 11) is -4.06. The van der Waals surface area contributed by atoms with Crippen LogP contribution in [0.2, 0.25) is 0 Å². The molecule has 0 bridgehead atoms. The molecule has 0 aliphatic carbocycles. The second-order valence-electron chi connectivity index (χ2n) is 4.72. The summed E-state index contributed by atoms with van der Waals surface area (Å²) in [6, 6.07) is 3.52. The van der Waals surface area contributed by atoms with Crippen molar-refractivity contribution in [1.82, 2.24) is 4.72 Å². The van der Waals surface area contributed by atoms with Gasteiger partial charge >= 0.3 is 5.97 Å². The Hall–Kier alpha value is -1.64. The molecular weight excluding hydrogens is 284 g/mol. The van der Waals surface area contributed by atoms with Crippen LogP contribution in [-0.4, -0.2) is 37.2 Å². The highest BCUT2D eigenvalue weighted by Crippen LogP contribution is 2.19. The lowest BCUT2D eigenvalue weighted by Gasteiger charge is -2.16. The Morgan fingerprint density at radius 3 is 2.50 bits per heavy atom. The Kier molecular flexibility index (Phi) is 5.09. The molecule has 5 N–H and O–H groups in total. The molecule has 1 atom stereocenters. The molecule has 1 aromatic rings. The van der Waals surface area contributed by atoms with Crippen LogP contribution in [0.25, 0.3) is 0 Å². The van der Waals surface area contributed by atoms with E-state index in [1.807, 2.05) is 0 Å². The van der Waals surface area contributed by atoms with Gasteiger partial charge < -0.3 is 15.9 Å². The van der Waals surface area contributed by atoms with Gasteiger partial charge in [-0.2, -0.15) is 0 Å². The van der Waals surface area contributed by atoms with Crippen molar-refractivity contribution in [1.29, 1.82) is 0 Å². The molecule has 0 aromatic heterocycles. The second kappa shape index (κ2) is 6.21. The molecule has 1 aromatic carbocycles. The number of rotatable bonds is 6. The first-order chi connectivity index (χ1) is 9.15. The lowest BCUT2D eigenvalue weighted by atomic mass is 10.1. The van der Waals surface area contributed by atoms with Crippen LogP contribution < -0.4 is 10.5 Å². The minimum Gasteiger partial charge on any atom is -0.478 e. The number of nitrogens with one attached hydrogen (secondary N) is 1. The quantitative estimate of drug-likeness (QED) is 0.558. The molecule has 0 heterocycles. The van der Waals surface area contributed by atoms with Gasteiger partial charge in [-0.3, -0.25) is 0 Å². The van der Waals surface area contributed by atoms with Gasteiger partial charge in [-0.1, -0.05) is 13.8 Å². The van der Waals surface area contributed by atoms with E-state index in [-0.39, 0.29) is 23.7 Å². The molecule has 7 nitrogen and oxygen atoms in total. The number of nitrogens with two attached hydrogens (primary N) is 1. The lowest BCUT2D eigenvalue weighted by molar-refractivity contribution is 0.0692. The van der Waals surface area contributed by atoms with Gasteiger partial charge in [0.1, 0.15) is 0 Å². The number of aliphatic hydroxyl groups is 1. The SMILES string of the molecule is CC(C)C(O)CNS(=O)(=O)c1cc(N)ccc1C(=O)O. The third kappa shape index (κ3) is 3.92. The van der Waals surface area contributed by atoms with Crippen molar-refractivity contribution in [2.45, 2.75) is 24.8 Å². The largest absolute Gasteiger partial charge is 0.478 e. The molecular formula is C12H18N2O5S. The number of aliphatic hydroxyl groups excluding tert-OH is 1. The normalized spacial score (nSPS) is 13.4. The van der Waals surface area contributed by atoms with Crippen molar-refractivity contribution in [2.24, 2.45) is 5.92 Å². The molecule has 0 fully saturated rings. The third-order valence-corrected chi connectivity index (χ3v) is 4.24. The van der Waals surface area contributed by atoms with Crippen LogP contribution in [0.5, 0.6) is 0 Å². The maximum atomic E-state index is 12.1. The maximum absolute atomic E-state index is 12.1. The number of benzene rings is 1. The molecule has 0 saturated carbocycles. The van der Waals surface area contributed by atoms with E-state index in [0.29, 0.717) is 0 Å². The summed E-state index contributed by atoms with van der Waals surface area (Å²) in [4.78, 5) is 10.6. The number of sulfonamides is 1. The van der Waals surface area contributed by atoms with Gasteiger partial charge in [0, 0.05) is 12.2 Å². The zero-order valence-corrected chi connectivity index (χ0v) is 12.0. The fraction of sp³-hybridized carbons (Fsp3) is 0.417. The number of aromatic carboxylic acids is 1. The van der Waals surface area contributed by atoms with Gasteiger partial charge in [0.25, 0.3) is 0 Å². The molecule has 0 aliphatic rings. The first-order valence-corrected chi connectivity index (χ1v) is 7.44. The summed E-state index contributed by atoms with van der Waals surface area (Å²) >= 11 is 0. The molecule has 8 heteroatoms. The Bertz CT molecular complexity index is 598. The molecule has 0 saturated heterocycles. The molecule has 1 unspecified atom stereocenters. The zero-order valence-electron chi connectivity index (χ0n) is 11.2. The number of carbonyl (C=O) groups is 1. The minimum atomic E-state index is -4.06. The van der Waals surface area contributed by atoms with Crippen LogP contribution in [0.1, 0.15) is 24.2 Å². The van der Waals surface area contributed by atoms with Crippen LogP contribution in [0.3, 0.4) is 0 Å². The van der Waals surface area contributed by atoms with E-state index in [0.717, 1.165) is 12.1 Å². The Labute approximate surface area is 117 Å². The number of nitrogen functional groups attached to an aromatic ring is 1. The topological polar surface area (TPSA) is 130 Å². The van der Waals surface area contributed by atoms with E-state index in [2.05, 4.69) is 4.72 Å². The van der Waals surface area contributed by atoms with Crippen molar-refractivity contribution in [3.05, 3.63) is 23.8 Å². The van der Waals surface area contributed by atoms with Crippen LogP contribution in [-0.2, 0) is 10.0 Å². The van der Waals surface area contributed by atoms with E-state index in [9.17, 15) is 18.3 Å². The van der Waals surface area contributed by atoms with E-state index < -0.39 is 27.0 Å². The number of hydrogen-bond donors (Lipinski definition) is 4. The van der Waals surface area contributed by atoms with E-state index in [1.165, 1.54) is 6.07 Å². The molecule has 20 heavy (non-hydrogen) atoms. The zero-order chi connectivity index (χ0) is 15.5. The summed E-state index contributed by atoms with van der Waals surface area (Å²) in [6.07, 6.45) is -0.862. The molecule has 0 amide bonds. The van der Waals surface area contributed by atoms with Gasteiger partial charge in [-0.05, 0) is 24.1 Å². The lowest BCUT2D eigenvalue weighted by Crippen LogP contribution is -2.35. The van der Waals surface area contributed by atoms with Crippen molar-refractivity contribution < 1.29 is 23.4 Å². The highest BCUT2D eigenvalue weighted by atomic mass is 32.2. The molecule has 0 radical (unpaired) electrons. The minimum absolute atomic E-state index is 0.127. The van der Waals surface area contributed by atoms with E-state index in [1.54, 1.807) is 13.8 Å². The summed E-state index contributed by atoms with van der Waals surface area (Å²) < 4.78 is 26.4. The monoisotopic (exact) mass is 302 g/mol. The van der Waals surface area contributed by atoms with Gasteiger partial charge in [0.05, 0.1) is 16.6 Å². The van der Waals surface area contributed by atoms with Gasteiger partial charge in [0.2, 0.25) is 10.0 Å². The first-order valence-electron chi connectivity index (χ1n) is 5.95. The van der Waals surface area contributed by atoms with E-state index >= 15 is 0 Å². The standard InChI is InChI=1S/C12H18N2O5S/c1-7(2)10(15)6-14-20(18,19)11-5-8(13)3-4-9(11)12(16)17/h3-5,7,10,14-15H,6,13H2,1-2H3,(H,16,17). The van der Waals surface area contributed by atoms with Crippen molar-refractivity contribution in [2.75, 3.05) is 12.3 Å². The summed E-state index contributed by atoms with van der Waals surface area (Å²) in [5.74, 6) is -1.49. The Morgan fingerprint density at radius 1 is 1.40 bits per heavy atom. The summed E-state index contributed by atoms with van der Waals surface area (Å²) in [5, 5.41) is 18.6. The van der Waals surface area contributed by atoms with Gasteiger partial charge in [-0.25, -0.2) is 17.9 Å².